The molecule has 4 rings (SSSR count). The molecular formula is C20H15BrN2OS. The van der Waals surface area contributed by atoms with Gasteiger partial charge in [-0.05, 0) is 50.2 Å². The van der Waals surface area contributed by atoms with Crippen molar-refractivity contribution in [2.45, 2.75) is 13.8 Å². The minimum Gasteiger partial charge on any atom is -0.317 e. The van der Waals surface area contributed by atoms with Crippen LogP contribution in [0.5, 0.6) is 0 Å². The summed E-state index contributed by atoms with van der Waals surface area (Å²) in [6, 6.07) is 16.2. The molecule has 2 aromatic heterocycles. The Labute approximate surface area is 158 Å². The summed E-state index contributed by atoms with van der Waals surface area (Å²) in [5, 5.41) is 0.889. The molecule has 4 aromatic rings. The zero-order valence-electron chi connectivity index (χ0n) is 13.8. The predicted octanol–water partition coefficient (Wildman–Crippen LogP) is 5.95. The number of hydrogen-bond donors (Lipinski definition) is 0. The third-order valence-corrected chi connectivity index (χ3v) is 5.98. The van der Waals surface area contributed by atoms with E-state index in [2.05, 4.69) is 26.6 Å². The first kappa shape index (κ1) is 16.2. The number of aromatic nitrogens is 2. The van der Waals surface area contributed by atoms with Crippen molar-refractivity contribution >= 4 is 43.8 Å². The maximum Gasteiger partial charge on any atom is 0.152 e. The number of rotatable bonds is 3. The number of carbonyl (C=O) groups excluding carboxylic acids is 1. The van der Waals surface area contributed by atoms with Crippen LogP contribution in [-0.4, -0.2) is 15.8 Å². The number of benzene rings is 2. The van der Waals surface area contributed by atoms with Crippen molar-refractivity contribution in [1.29, 1.82) is 0 Å². The molecule has 2 aromatic carbocycles. The van der Waals surface area contributed by atoms with E-state index in [1.165, 1.54) is 0 Å². The number of carbonyl (C=O) groups is 1. The molecule has 124 valence electrons. The first-order chi connectivity index (χ1) is 12.1. The van der Waals surface area contributed by atoms with Crippen LogP contribution in [0.4, 0.5) is 0 Å². The zero-order valence-corrected chi connectivity index (χ0v) is 16.2. The highest BCUT2D eigenvalue weighted by atomic mass is 79.9. The fourth-order valence-corrected chi connectivity index (χ4v) is 4.57. The van der Waals surface area contributed by atoms with Crippen molar-refractivity contribution in [3.8, 4) is 16.3 Å². The number of thiazole rings is 1. The molecule has 0 fully saturated rings. The highest BCUT2D eigenvalue weighted by Crippen LogP contribution is 2.37. The van der Waals surface area contributed by atoms with Crippen molar-refractivity contribution in [3.63, 3.8) is 0 Å². The van der Waals surface area contributed by atoms with Gasteiger partial charge in [-0.2, -0.15) is 0 Å². The molecule has 0 spiro atoms. The average Bonchev–Trinajstić information content (AvgIpc) is 3.14. The molecular weight excluding hydrogens is 396 g/mol. The number of fused-ring (bicyclic) bond motifs is 1. The van der Waals surface area contributed by atoms with E-state index in [0.29, 0.717) is 5.56 Å². The Morgan fingerprint density at radius 3 is 2.44 bits per heavy atom. The van der Waals surface area contributed by atoms with E-state index in [0.717, 1.165) is 48.6 Å². The van der Waals surface area contributed by atoms with Gasteiger partial charge in [0.05, 0.1) is 10.2 Å². The van der Waals surface area contributed by atoms with Crippen molar-refractivity contribution in [2.75, 3.05) is 0 Å². The predicted molar refractivity (Wildman–Crippen MR) is 107 cm³/mol. The molecule has 0 saturated heterocycles. The Kier molecular flexibility index (Phi) is 4.06. The Balaban J connectivity index is 1.98. The van der Waals surface area contributed by atoms with E-state index in [9.17, 15) is 4.79 Å². The maximum absolute atomic E-state index is 11.8. The number of halogens is 1. The lowest BCUT2D eigenvalue weighted by Gasteiger charge is -2.09. The van der Waals surface area contributed by atoms with E-state index >= 15 is 0 Å². The van der Waals surface area contributed by atoms with Gasteiger partial charge in [-0.1, -0.05) is 28.1 Å². The Morgan fingerprint density at radius 1 is 1.04 bits per heavy atom. The van der Waals surface area contributed by atoms with Crippen LogP contribution in [-0.2, 0) is 0 Å². The van der Waals surface area contributed by atoms with Gasteiger partial charge in [-0.25, -0.2) is 4.98 Å². The monoisotopic (exact) mass is 410 g/mol. The first-order valence-electron chi connectivity index (χ1n) is 7.89. The summed E-state index contributed by atoms with van der Waals surface area (Å²) in [7, 11) is 0. The molecule has 2 heterocycles. The third-order valence-electron chi connectivity index (χ3n) is 4.40. The normalized spacial score (nSPS) is 11.2. The summed E-state index contributed by atoms with van der Waals surface area (Å²) in [6.07, 6.45) is 0.944. The molecule has 0 saturated carbocycles. The van der Waals surface area contributed by atoms with Gasteiger partial charge in [0, 0.05) is 32.7 Å². The largest absolute Gasteiger partial charge is 0.317 e. The zero-order chi connectivity index (χ0) is 17.6. The van der Waals surface area contributed by atoms with Crippen LogP contribution in [0.15, 0.2) is 53.0 Å². The summed E-state index contributed by atoms with van der Waals surface area (Å²) in [5.74, 6) is 0. The van der Waals surface area contributed by atoms with Gasteiger partial charge in [0.1, 0.15) is 5.01 Å². The lowest BCUT2D eigenvalue weighted by molar-refractivity contribution is 0.112. The average molecular weight is 411 g/mol. The van der Waals surface area contributed by atoms with Gasteiger partial charge in [-0.3, -0.25) is 4.79 Å². The van der Waals surface area contributed by atoms with Gasteiger partial charge in [0.15, 0.2) is 6.29 Å². The summed E-state index contributed by atoms with van der Waals surface area (Å²) in [6.45, 7) is 4.03. The molecule has 0 aliphatic heterocycles. The van der Waals surface area contributed by atoms with E-state index < -0.39 is 0 Å². The molecule has 0 unspecified atom stereocenters. The lowest BCUT2D eigenvalue weighted by atomic mass is 10.1. The summed E-state index contributed by atoms with van der Waals surface area (Å²) in [5.41, 5.74) is 5.60. The Hall–Kier alpha value is -2.24. The van der Waals surface area contributed by atoms with Gasteiger partial charge in [0.2, 0.25) is 0 Å². The van der Waals surface area contributed by atoms with Crippen molar-refractivity contribution in [2.24, 2.45) is 0 Å². The second kappa shape index (κ2) is 6.24. The molecule has 0 N–H and O–H groups in total. The molecule has 0 radical (unpaired) electrons. The van der Waals surface area contributed by atoms with E-state index in [-0.39, 0.29) is 0 Å². The van der Waals surface area contributed by atoms with Gasteiger partial charge in [0.25, 0.3) is 0 Å². The second-order valence-electron chi connectivity index (χ2n) is 5.88. The van der Waals surface area contributed by atoms with E-state index in [1.54, 1.807) is 11.3 Å². The fourth-order valence-electron chi connectivity index (χ4n) is 3.23. The third kappa shape index (κ3) is 2.64. The highest BCUT2D eigenvalue weighted by molar-refractivity contribution is 9.10. The summed E-state index contributed by atoms with van der Waals surface area (Å²) in [4.78, 5) is 16.6. The highest BCUT2D eigenvalue weighted by Gasteiger charge is 2.22. The van der Waals surface area contributed by atoms with E-state index in [4.69, 9.17) is 4.98 Å². The number of para-hydroxylation sites is 1. The quantitative estimate of drug-likeness (QED) is 0.391. The van der Waals surface area contributed by atoms with E-state index in [1.807, 2.05) is 56.3 Å². The lowest BCUT2D eigenvalue weighted by Crippen LogP contribution is -1.99. The smallest absolute Gasteiger partial charge is 0.152 e. The fraction of sp³-hybridized carbons (Fsp3) is 0.100. The molecule has 0 bridgehead atoms. The standard InChI is InChI=1S/C20H15BrN2OS/c1-12-16(11-24)19(20-22-17-5-3-4-6-18(17)25-20)13(2)23(12)15-9-7-14(21)8-10-15/h3-11H,1-2H3. The van der Waals surface area contributed by atoms with Crippen molar-refractivity contribution < 1.29 is 4.79 Å². The van der Waals surface area contributed by atoms with Crippen LogP contribution in [0, 0.1) is 13.8 Å². The van der Waals surface area contributed by atoms with Crippen LogP contribution in [0.25, 0.3) is 26.5 Å². The van der Waals surface area contributed by atoms with Crippen LogP contribution in [0.2, 0.25) is 0 Å². The van der Waals surface area contributed by atoms with Crippen LogP contribution >= 0.6 is 27.3 Å². The summed E-state index contributed by atoms with van der Waals surface area (Å²) < 4.78 is 4.28. The van der Waals surface area contributed by atoms with Crippen molar-refractivity contribution in [3.05, 3.63) is 70.0 Å². The topological polar surface area (TPSA) is 34.9 Å². The molecule has 0 aliphatic rings. The van der Waals surface area contributed by atoms with Gasteiger partial charge >= 0.3 is 0 Å². The maximum atomic E-state index is 11.8. The van der Waals surface area contributed by atoms with Crippen LogP contribution in [0.1, 0.15) is 21.7 Å². The molecule has 25 heavy (non-hydrogen) atoms. The number of hydrogen-bond acceptors (Lipinski definition) is 3. The molecule has 0 atom stereocenters. The van der Waals surface area contributed by atoms with Crippen LogP contribution in [0.3, 0.4) is 0 Å². The number of aldehydes is 1. The van der Waals surface area contributed by atoms with Gasteiger partial charge in [-0.15, -0.1) is 11.3 Å². The SMILES string of the molecule is Cc1c(C=O)c(-c2nc3ccccc3s2)c(C)n1-c1ccc(Br)cc1. The van der Waals surface area contributed by atoms with Crippen molar-refractivity contribution in [1.82, 2.24) is 9.55 Å². The second-order valence-corrected chi connectivity index (χ2v) is 7.82. The Morgan fingerprint density at radius 2 is 1.76 bits per heavy atom. The number of nitrogens with zero attached hydrogens (tertiary/aromatic N) is 2. The molecule has 5 heteroatoms. The molecule has 0 aliphatic carbocycles. The van der Waals surface area contributed by atoms with Crippen LogP contribution < -0.4 is 0 Å². The van der Waals surface area contributed by atoms with Gasteiger partial charge < -0.3 is 4.57 Å². The minimum atomic E-state index is 0.708. The summed E-state index contributed by atoms with van der Waals surface area (Å²) >= 11 is 5.09. The Bertz CT molecular complexity index is 1060. The molecule has 0 amide bonds. The molecule has 3 nitrogen and oxygen atoms in total. The first-order valence-corrected chi connectivity index (χ1v) is 9.50. The minimum absolute atomic E-state index is 0.708.